The third kappa shape index (κ3) is 3.86. The lowest BCUT2D eigenvalue weighted by atomic mass is 9.98. The van der Waals surface area contributed by atoms with Crippen LogP contribution in [0.1, 0.15) is 37.2 Å². The molecule has 2 heterocycles. The molecule has 0 radical (unpaired) electrons. The topological polar surface area (TPSA) is 32.8 Å². The summed E-state index contributed by atoms with van der Waals surface area (Å²) in [7, 11) is 0. The van der Waals surface area contributed by atoms with Gasteiger partial charge in [-0.2, -0.15) is 0 Å². The number of carbonyl (C=O) groups excluding carboxylic acids is 1. The molecular formula is C22H22F2N2O2. The number of urea groups is 1. The molecule has 4 rings (SSSR count). The van der Waals surface area contributed by atoms with Gasteiger partial charge in [-0.05, 0) is 30.9 Å². The van der Waals surface area contributed by atoms with Gasteiger partial charge in [-0.15, -0.1) is 0 Å². The highest BCUT2D eigenvalue weighted by atomic mass is 19.2. The Morgan fingerprint density at radius 2 is 2.18 bits per heavy atom. The summed E-state index contributed by atoms with van der Waals surface area (Å²) in [6.07, 6.45) is 14.3. The van der Waals surface area contributed by atoms with Crippen LogP contribution in [0.2, 0.25) is 0 Å². The first-order valence-corrected chi connectivity index (χ1v) is 9.51. The summed E-state index contributed by atoms with van der Waals surface area (Å²) in [5, 5.41) is 0. The van der Waals surface area contributed by atoms with Gasteiger partial charge in [-0.3, -0.25) is 4.90 Å². The van der Waals surface area contributed by atoms with Crippen molar-refractivity contribution in [2.75, 3.05) is 13.1 Å². The summed E-state index contributed by atoms with van der Waals surface area (Å²) in [4.78, 5) is 16.0. The molecular weight excluding hydrogens is 362 g/mol. The van der Waals surface area contributed by atoms with Crippen LogP contribution < -0.4 is 0 Å². The van der Waals surface area contributed by atoms with Crippen molar-refractivity contribution in [1.29, 1.82) is 0 Å². The van der Waals surface area contributed by atoms with Crippen molar-refractivity contribution in [3.05, 3.63) is 83.6 Å². The van der Waals surface area contributed by atoms with Gasteiger partial charge in [0.1, 0.15) is 12.0 Å². The van der Waals surface area contributed by atoms with Crippen molar-refractivity contribution < 1.29 is 18.3 Å². The van der Waals surface area contributed by atoms with Crippen molar-refractivity contribution in [3.63, 3.8) is 0 Å². The van der Waals surface area contributed by atoms with Crippen LogP contribution in [0.3, 0.4) is 0 Å². The first kappa shape index (κ1) is 18.5. The maximum absolute atomic E-state index is 14.1. The smallest absolute Gasteiger partial charge is 0.328 e. The van der Waals surface area contributed by atoms with E-state index >= 15 is 0 Å². The number of hydrogen-bond donors (Lipinski definition) is 0. The lowest BCUT2D eigenvalue weighted by molar-refractivity contribution is 0.184. The molecule has 1 aliphatic carbocycles. The summed E-state index contributed by atoms with van der Waals surface area (Å²) in [6, 6.07) is 4.02. The summed E-state index contributed by atoms with van der Waals surface area (Å²) in [5.41, 5.74) is 1.60. The number of hydrogen-bond acceptors (Lipinski definition) is 2. The van der Waals surface area contributed by atoms with Gasteiger partial charge < -0.3 is 9.64 Å². The Bertz CT molecular complexity index is 889. The second-order valence-electron chi connectivity index (χ2n) is 7.23. The van der Waals surface area contributed by atoms with Crippen LogP contribution in [0.4, 0.5) is 13.6 Å². The monoisotopic (exact) mass is 384 g/mol. The van der Waals surface area contributed by atoms with Gasteiger partial charge in [0.15, 0.2) is 11.6 Å². The van der Waals surface area contributed by atoms with Gasteiger partial charge in [-0.25, -0.2) is 13.6 Å². The van der Waals surface area contributed by atoms with Crippen LogP contribution in [0.5, 0.6) is 0 Å². The van der Waals surface area contributed by atoms with E-state index in [0.717, 1.165) is 18.9 Å². The molecule has 0 saturated carbocycles. The molecule has 146 valence electrons. The second-order valence-corrected chi connectivity index (χ2v) is 7.23. The summed E-state index contributed by atoms with van der Waals surface area (Å²) in [5.74, 6) is -1.15. The van der Waals surface area contributed by atoms with E-state index in [2.05, 4.69) is 12.2 Å². The Labute approximate surface area is 163 Å². The zero-order chi connectivity index (χ0) is 19.5. The molecule has 0 N–H and O–H groups in total. The van der Waals surface area contributed by atoms with Gasteiger partial charge in [-0.1, -0.05) is 35.9 Å². The second kappa shape index (κ2) is 8.00. The maximum atomic E-state index is 14.1. The highest BCUT2D eigenvalue weighted by Gasteiger charge is 2.32. The molecule has 1 aromatic carbocycles. The standard InChI is InChI=1S/C22H22F2N2O2/c23-20-8-4-7-19(21(20)24)17-9-10-25(14-17)22(27)26-11-12-28-18(15-26)13-16-5-2-1-3-6-16/h1-2,4-5,7-8,11-12,15,17H,3,6,9-10,13-14H2. The first-order chi connectivity index (χ1) is 13.6. The fraction of sp³-hybridized carbons (Fsp3) is 0.318. The van der Waals surface area contributed by atoms with Crippen LogP contribution in [-0.4, -0.2) is 28.9 Å². The van der Waals surface area contributed by atoms with Gasteiger partial charge in [0.2, 0.25) is 0 Å². The molecule has 28 heavy (non-hydrogen) atoms. The molecule has 2 aliphatic heterocycles. The number of amides is 2. The van der Waals surface area contributed by atoms with E-state index in [4.69, 9.17) is 4.74 Å². The Hall–Kier alpha value is -2.89. The predicted molar refractivity (Wildman–Crippen MR) is 102 cm³/mol. The van der Waals surface area contributed by atoms with E-state index in [1.165, 1.54) is 22.8 Å². The predicted octanol–water partition coefficient (Wildman–Crippen LogP) is 5.19. The van der Waals surface area contributed by atoms with E-state index < -0.39 is 11.6 Å². The number of allylic oxidation sites excluding steroid dienone is 4. The van der Waals surface area contributed by atoms with Crippen LogP contribution in [0.15, 0.2) is 66.4 Å². The average molecular weight is 384 g/mol. The van der Waals surface area contributed by atoms with E-state index in [-0.39, 0.29) is 11.9 Å². The van der Waals surface area contributed by atoms with Crippen molar-refractivity contribution >= 4 is 6.03 Å². The fourth-order valence-corrected chi connectivity index (χ4v) is 3.83. The Balaban J connectivity index is 1.42. The minimum Gasteiger partial charge on any atom is -0.466 e. The zero-order valence-corrected chi connectivity index (χ0v) is 15.5. The summed E-state index contributed by atoms with van der Waals surface area (Å²) in [6.45, 7) is 0.868. The van der Waals surface area contributed by atoms with Gasteiger partial charge >= 0.3 is 6.03 Å². The molecule has 2 amide bonds. The van der Waals surface area contributed by atoms with E-state index in [1.807, 2.05) is 6.08 Å². The van der Waals surface area contributed by atoms with E-state index in [1.54, 1.807) is 23.4 Å². The third-order valence-electron chi connectivity index (χ3n) is 5.33. The number of nitrogens with zero attached hydrogens (tertiary/aromatic N) is 2. The van der Waals surface area contributed by atoms with Crippen LogP contribution >= 0.6 is 0 Å². The number of likely N-dealkylation sites (tertiary alicyclic amines) is 1. The number of halogens is 2. The van der Waals surface area contributed by atoms with Crippen molar-refractivity contribution in [2.24, 2.45) is 0 Å². The lowest BCUT2D eigenvalue weighted by Crippen LogP contribution is -2.37. The van der Waals surface area contributed by atoms with E-state index in [0.29, 0.717) is 37.3 Å². The Kier molecular flexibility index (Phi) is 5.28. The lowest BCUT2D eigenvalue weighted by Gasteiger charge is -2.26. The minimum absolute atomic E-state index is 0.186. The van der Waals surface area contributed by atoms with Crippen LogP contribution in [0.25, 0.3) is 0 Å². The molecule has 3 aliphatic rings. The maximum Gasteiger partial charge on any atom is 0.328 e. The minimum atomic E-state index is -0.849. The molecule has 1 unspecified atom stereocenters. The molecule has 4 nitrogen and oxygen atoms in total. The van der Waals surface area contributed by atoms with Crippen molar-refractivity contribution in [3.8, 4) is 0 Å². The molecule has 6 heteroatoms. The Morgan fingerprint density at radius 3 is 3.00 bits per heavy atom. The molecule has 1 saturated heterocycles. The molecule has 0 aromatic heterocycles. The molecule has 1 aromatic rings. The van der Waals surface area contributed by atoms with Crippen molar-refractivity contribution in [1.82, 2.24) is 9.80 Å². The first-order valence-electron chi connectivity index (χ1n) is 9.51. The largest absolute Gasteiger partial charge is 0.466 e. The molecule has 0 spiro atoms. The third-order valence-corrected chi connectivity index (χ3v) is 5.33. The van der Waals surface area contributed by atoms with Crippen LogP contribution in [0, 0.1) is 11.6 Å². The average Bonchev–Trinajstić information content (AvgIpc) is 3.20. The number of rotatable bonds is 3. The fourth-order valence-electron chi connectivity index (χ4n) is 3.83. The summed E-state index contributed by atoms with van der Waals surface area (Å²) < 4.78 is 33.1. The van der Waals surface area contributed by atoms with Gasteiger partial charge in [0.05, 0.1) is 6.20 Å². The summed E-state index contributed by atoms with van der Waals surface area (Å²) >= 11 is 0. The highest BCUT2D eigenvalue weighted by Crippen LogP contribution is 2.31. The molecule has 1 atom stereocenters. The molecule has 0 bridgehead atoms. The normalized spacial score (nSPS) is 21.4. The quantitative estimate of drug-likeness (QED) is 0.719. The SMILES string of the molecule is O=C(N1C=COC(CC2=CC=CCC2)=C1)N1CCC(c2cccc(F)c2F)C1. The van der Waals surface area contributed by atoms with Crippen LogP contribution in [-0.2, 0) is 4.74 Å². The van der Waals surface area contributed by atoms with E-state index in [9.17, 15) is 13.6 Å². The van der Waals surface area contributed by atoms with Crippen molar-refractivity contribution in [2.45, 2.75) is 31.6 Å². The highest BCUT2D eigenvalue weighted by molar-refractivity contribution is 5.77. The number of ether oxygens (including phenoxy) is 1. The number of carbonyl (C=O) groups is 1. The molecule has 1 fully saturated rings. The van der Waals surface area contributed by atoms with Gasteiger partial charge in [0, 0.05) is 31.6 Å². The zero-order valence-electron chi connectivity index (χ0n) is 15.5. The van der Waals surface area contributed by atoms with Gasteiger partial charge in [0.25, 0.3) is 0 Å². The Morgan fingerprint density at radius 1 is 1.29 bits per heavy atom. The number of benzene rings is 1.